The first-order valence-electron chi connectivity index (χ1n) is 6.89. The Kier molecular flexibility index (Phi) is 4.75. The third kappa shape index (κ3) is 3.14. The molecule has 1 saturated heterocycles. The maximum atomic E-state index is 12.8. The number of sulfonamides is 1. The molecule has 0 amide bonds. The van der Waals surface area contributed by atoms with Crippen molar-refractivity contribution >= 4 is 10.0 Å². The summed E-state index contributed by atoms with van der Waals surface area (Å²) in [5.41, 5.74) is 5.89. The molecule has 1 aromatic rings. The molecule has 7 heteroatoms. The van der Waals surface area contributed by atoms with E-state index in [0.29, 0.717) is 30.9 Å². The first-order valence-corrected chi connectivity index (χ1v) is 8.33. The maximum Gasteiger partial charge on any atom is 0.243 e. The Morgan fingerprint density at radius 2 is 1.90 bits per heavy atom. The van der Waals surface area contributed by atoms with Crippen LogP contribution in [0.4, 0.5) is 0 Å². The van der Waals surface area contributed by atoms with E-state index in [1.165, 1.54) is 30.7 Å². The fourth-order valence-electron chi connectivity index (χ4n) is 2.66. The van der Waals surface area contributed by atoms with Crippen molar-refractivity contribution in [1.82, 2.24) is 4.31 Å². The fraction of sp³-hybridized carbons (Fsp3) is 0.571. The van der Waals surface area contributed by atoms with Crippen LogP contribution in [0.25, 0.3) is 0 Å². The van der Waals surface area contributed by atoms with E-state index in [2.05, 4.69) is 0 Å². The van der Waals surface area contributed by atoms with Crippen LogP contribution in [-0.2, 0) is 10.0 Å². The molecule has 2 rings (SSSR count). The van der Waals surface area contributed by atoms with Gasteiger partial charge in [-0.05, 0) is 31.9 Å². The van der Waals surface area contributed by atoms with Crippen molar-refractivity contribution in [3.63, 3.8) is 0 Å². The highest BCUT2D eigenvalue weighted by Gasteiger charge is 2.33. The van der Waals surface area contributed by atoms with Gasteiger partial charge in [0.1, 0.15) is 0 Å². The second kappa shape index (κ2) is 6.21. The van der Waals surface area contributed by atoms with Gasteiger partial charge in [0.05, 0.1) is 19.1 Å². The number of hydrogen-bond donors (Lipinski definition) is 1. The average molecular weight is 314 g/mol. The summed E-state index contributed by atoms with van der Waals surface area (Å²) in [4.78, 5) is 0.211. The summed E-state index contributed by atoms with van der Waals surface area (Å²) >= 11 is 0. The Morgan fingerprint density at radius 3 is 2.48 bits per heavy atom. The van der Waals surface area contributed by atoms with Gasteiger partial charge in [-0.3, -0.25) is 0 Å². The minimum absolute atomic E-state index is 0.0665. The molecule has 1 aromatic carbocycles. The molecule has 2 N–H and O–H groups in total. The first-order chi connectivity index (χ1) is 9.90. The van der Waals surface area contributed by atoms with Crippen molar-refractivity contribution in [1.29, 1.82) is 0 Å². The molecule has 0 saturated carbocycles. The molecule has 0 radical (unpaired) electrons. The lowest BCUT2D eigenvalue weighted by atomic mass is 10.0. The zero-order valence-corrected chi connectivity index (χ0v) is 13.4. The number of piperidine rings is 1. The van der Waals surface area contributed by atoms with Crippen LogP contribution in [0.2, 0.25) is 0 Å². The Hall–Kier alpha value is -1.31. The molecule has 21 heavy (non-hydrogen) atoms. The van der Waals surface area contributed by atoms with Crippen LogP contribution in [0, 0.1) is 0 Å². The van der Waals surface area contributed by atoms with Gasteiger partial charge in [-0.15, -0.1) is 0 Å². The molecule has 0 bridgehead atoms. The molecule has 0 spiro atoms. The number of methoxy groups -OCH3 is 2. The largest absolute Gasteiger partial charge is 0.493 e. The van der Waals surface area contributed by atoms with Crippen LogP contribution in [0.3, 0.4) is 0 Å². The van der Waals surface area contributed by atoms with E-state index in [1.807, 2.05) is 6.92 Å². The van der Waals surface area contributed by atoms with E-state index < -0.39 is 10.0 Å². The van der Waals surface area contributed by atoms with E-state index >= 15 is 0 Å². The van der Waals surface area contributed by atoms with Crippen LogP contribution < -0.4 is 15.2 Å². The van der Waals surface area contributed by atoms with Gasteiger partial charge in [0.25, 0.3) is 0 Å². The zero-order valence-electron chi connectivity index (χ0n) is 12.6. The number of ether oxygens (including phenoxy) is 2. The lowest BCUT2D eigenvalue weighted by Crippen LogP contribution is -2.48. The molecule has 0 unspecified atom stereocenters. The summed E-state index contributed by atoms with van der Waals surface area (Å²) in [5.74, 6) is 0.908. The third-order valence-corrected chi connectivity index (χ3v) is 5.83. The fourth-order valence-corrected chi connectivity index (χ4v) is 4.33. The molecule has 1 heterocycles. The number of benzene rings is 1. The van der Waals surface area contributed by atoms with Crippen LogP contribution in [0.5, 0.6) is 11.5 Å². The van der Waals surface area contributed by atoms with E-state index in [-0.39, 0.29) is 17.0 Å². The molecule has 1 aliphatic rings. The van der Waals surface area contributed by atoms with Gasteiger partial charge in [-0.1, -0.05) is 0 Å². The number of nitrogens with two attached hydrogens (primary N) is 1. The van der Waals surface area contributed by atoms with Gasteiger partial charge in [-0.25, -0.2) is 8.42 Å². The molecule has 1 fully saturated rings. The molecular formula is C14H22N2O4S. The van der Waals surface area contributed by atoms with Gasteiger partial charge < -0.3 is 15.2 Å². The Bertz CT molecular complexity index is 603. The van der Waals surface area contributed by atoms with E-state index in [9.17, 15) is 8.42 Å². The summed E-state index contributed by atoms with van der Waals surface area (Å²) in [6.07, 6.45) is 1.35. The maximum absolute atomic E-state index is 12.8. The molecular weight excluding hydrogens is 292 g/mol. The second-order valence-corrected chi connectivity index (χ2v) is 7.16. The predicted molar refractivity (Wildman–Crippen MR) is 80.1 cm³/mol. The summed E-state index contributed by atoms with van der Waals surface area (Å²) in [5, 5.41) is 0. The lowest BCUT2D eigenvalue weighted by Gasteiger charge is -2.35. The molecule has 118 valence electrons. The smallest absolute Gasteiger partial charge is 0.243 e. The van der Waals surface area contributed by atoms with E-state index in [0.717, 1.165) is 0 Å². The average Bonchev–Trinajstić information content (AvgIpc) is 2.46. The van der Waals surface area contributed by atoms with Gasteiger partial charge in [-0.2, -0.15) is 4.31 Å². The second-order valence-electron chi connectivity index (χ2n) is 5.27. The van der Waals surface area contributed by atoms with E-state index in [4.69, 9.17) is 15.2 Å². The minimum atomic E-state index is -3.55. The normalized spacial score (nSPS) is 23.8. The molecule has 0 aromatic heterocycles. The number of rotatable bonds is 4. The van der Waals surface area contributed by atoms with Crippen molar-refractivity contribution in [3.05, 3.63) is 18.2 Å². The van der Waals surface area contributed by atoms with Crippen molar-refractivity contribution in [2.45, 2.75) is 36.7 Å². The van der Waals surface area contributed by atoms with Gasteiger partial charge in [0.15, 0.2) is 11.5 Å². The summed E-state index contributed by atoms with van der Waals surface area (Å²) in [6.45, 7) is 2.33. The summed E-state index contributed by atoms with van der Waals surface area (Å²) in [7, 11) is -0.553. The summed E-state index contributed by atoms with van der Waals surface area (Å²) in [6, 6.07) is 4.60. The van der Waals surface area contributed by atoms with Crippen LogP contribution in [-0.4, -0.2) is 45.6 Å². The lowest BCUT2D eigenvalue weighted by molar-refractivity contribution is 0.247. The van der Waals surface area contributed by atoms with Gasteiger partial charge in [0, 0.05) is 24.7 Å². The van der Waals surface area contributed by atoms with Crippen LogP contribution >= 0.6 is 0 Å². The van der Waals surface area contributed by atoms with Gasteiger partial charge >= 0.3 is 0 Å². The Morgan fingerprint density at radius 1 is 1.24 bits per heavy atom. The molecule has 6 nitrogen and oxygen atoms in total. The number of hydrogen-bond acceptors (Lipinski definition) is 5. The molecule has 2 atom stereocenters. The third-order valence-electron chi connectivity index (χ3n) is 3.82. The summed E-state index contributed by atoms with van der Waals surface area (Å²) < 4.78 is 37.3. The quantitative estimate of drug-likeness (QED) is 0.903. The monoisotopic (exact) mass is 314 g/mol. The predicted octanol–water partition coefficient (Wildman–Crippen LogP) is 1.20. The standard InChI is InChI=1S/C14H22N2O4S/c1-10-8-11(15)6-7-16(10)21(17,18)12-4-5-13(19-2)14(9-12)20-3/h4-5,9-11H,6-8,15H2,1-3H3/t10-,11+/m0/s1. The topological polar surface area (TPSA) is 81.9 Å². The van der Waals surface area contributed by atoms with Crippen molar-refractivity contribution in [3.8, 4) is 11.5 Å². The zero-order chi connectivity index (χ0) is 15.6. The van der Waals surface area contributed by atoms with Crippen LogP contribution in [0.1, 0.15) is 19.8 Å². The first kappa shape index (κ1) is 16.1. The van der Waals surface area contributed by atoms with Crippen LogP contribution in [0.15, 0.2) is 23.1 Å². The highest BCUT2D eigenvalue weighted by Crippen LogP contribution is 2.32. The highest BCUT2D eigenvalue weighted by atomic mass is 32.2. The highest BCUT2D eigenvalue weighted by molar-refractivity contribution is 7.89. The van der Waals surface area contributed by atoms with Crippen molar-refractivity contribution in [2.24, 2.45) is 5.73 Å². The Balaban J connectivity index is 2.35. The molecule has 1 aliphatic heterocycles. The molecule has 0 aliphatic carbocycles. The minimum Gasteiger partial charge on any atom is -0.493 e. The van der Waals surface area contributed by atoms with Crippen molar-refractivity contribution < 1.29 is 17.9 Å². The SMILES string of the molecule is COc1ccc(S(=O)(=O)N2CC[C@@H](N)C[C@@H]2C)cc1OC. The Labute approximate surface area is 125 Å². The van der Waals surface area contributed by atoms with Crippen molar-refractivity contribution in [2.75, 3.05) is 20.8 Å². The number of nitrogens with zero attached hydrogens (tertiary/aromatic N) is 1. The van der Waals surface area contributed by atoms with Gasteiger partial charge in [0.2, 0.25) is 10.0 Å². The van der Waals surface area contributed by atoms with E-state index in [1.54, 1.807) is 6.07 Å².